The fraction of sp³-hybridized carbons (Fsp3) is 0.750. The Morgan fingerprint density at radius 2 is 2.10 bits per heavy atom. The number of nitrogens with zero attached hydrogens (tertiary/aromatic N) is 2. The molecule has 0 spiro atoms. The van der Waals surface area contributed by atoms with Crippen LogP contribution in [0.25, 0.3) is 0 Å². The summed E-state index contributed by atoms with van der Waals surface area (Å²) in [5.74, 6) is 0. The Balaban J connectivity index is 2.56. The standard InChI is InChI=1S/C4H8N2O3S/c1-10(8,9)6-2-4(3-6)5-7/h7H,2-3H2,1H3. The third kappa shape index (κ3) is 1.27. The number of sulfonamides is 1. The van der Waals surface area contributed by atoms with Gasteiger partial charge in [0.25, 0.3) is 0 Å². The van der Waals surface area contributed by atoms with Crippen molar-refractivity contribution in [1.29, 1.82) is 0 Å². The van der Waals surface area contributed by atoms with Crippen molar-refractivity contribution in [3.63, 3.8) is 0 Å². The molecule has 1 saturated heterocycles. The van der Waals surface area contributed by atoms with Crippen LogP contribution in [0.15, 0.2) is 5.16 Å². The van der Waals surface area contributed by atoms with Crippen LogP contribution in [0.4, 0.5) is 0 Å². The summed E-state index contributed by atoms with van der Waals surface area (Å²) < 4.78 is 22.6. The summed E-state index contributed by atoms with van der Waals surface area (Å²) >= 11 is 0. The Morgan fingerprint density at radius 3 is 2.40 bits per heavy atom. The lowest BCUT2D eigenvalue weighted by Crippen LogP contribution is -2.50. The predicted molar refractivity (Wildman–Crippen MR) is 35.6 cm³/mol. The zero-order valence-corrected chi connectivity index (χ0v) is 6.30. The summed E-state index contributed by atoms with van der Waals surface area (Å²) in [7, 11) is -3.07. The highest BCUT2D eigenvalue weighted by molar-refractivity contribution is 7.88. The van der Waals surface area contributed by atoms with Crippen LogP contribution in [0.2, 0.25) is 0 Å². The van der Waals surface area contributed by atoms with Crippen molar-refractivity contribution >= 4 is 15.7 Å². The van der Waals surface area contributed by atoms with Gasteiger partial charge in [0, 0.05) is 0 Å². The zero-order chi connectivity index (χ0) is 7.78. The quantitative estimate of drug-likeness (QED) is 0.403. The predicted octanol–water partition coefficient (Wildman–Crippen LogP) is -0.908. The average Bonchev–Trinajstić information content (AvgIpc) is 1.57. The largest absolute Gasteiger partial charge is 0.411 e. The van der Waals surface area contributed by atoms with Gasteiger partial charge in [-0.1, -0.05) is 5.16 Å². The molecule has 0 aromatic carbocycles. The van der Waals surface area contributed by atoms with Crippen molar-refractivity contribution < 1.29 is 13.6 Å². The SMILES string of the molecule is CS(=O)(=O)N1CC(=NO)C1. The summed E-state index contributed by atoms with van der Waals surface area (Å²) in [6, 6.07) is 0. The lowest BCUT2D eigenvalue weighted by Gasteiger charge is -2.28. The fourth-order valence-electron chi connectivity index (χ4n) is 0.659. The second-order valence-corrected chi connectivity index (χ2v) is 4.18. The van der Waals surface area contributed by atoms with E-state index in [2.05, 4.69) is 5.16 Å². The van der Waals surface area contributed by atoms with Gasteiger partial charge in [-0.05, 0) is 0 Å². The molecule has 1 aliphatic heterocycles. The summed E-state index contributed by atoms with van der Waals surface area (Å²) in [4.78, 5) is 0. The first-order valence-electron chi connectivity index (χ1n) is 2.69. The van der Waals surface area contributed by atoms with Gasteiger partial charge in [0.05, 0.1) is 25.1 Å². The average molecular weight is 164 g/mol. The van der Waals surface area contributed by atoms with Crippen LogP contribution in [-0.4, -0.2) is 43.0 Å². The highest BCUT2D eigenvalue weighted by Crippen LogP contribution is 2.07. The maximum absolute atomic E-state index is 10.7. The molecule has 0 aromatic rings. The van der Waals surface area contributed by atoms with E-state index >= 15 is 0 Å². The number of rotatable bonds is 1. The molecule has 0 unspecified atom stereocenters. The molecule has 6 heteroatoms. The number of hydrogen-bond donors (Lipinski definition) is 1. The summed E-state index contributed by atoms with van der Waals surface area (Å²) in [6.45, 7) is 0.463. The third-order valence-corrected chi connectivity index (χ3v) is 2.52. The Morgan fingerprint density at radius 1 is 1.60 bits per heavy atom. The van der Waals surface area contributed by atoms with E-state index in [9.17, 15) is 8.42 Å². The lowest BCUT2D eigenvalue weighted by molar-refractivity contribution is 0.305. The van der Waals surface area contributed by atoms with E-state index in [4.69, 9.17) is 5.21 Å². The van der Waals surface area contributed by atoms with Gasteiger partial charge in [0.1, 0.15) is 0 Å². The molecule has 0 aromatic heterocycles. The van der Waals surface area contributed by atoms with Gasteiger partial charge in [-0.15, -0.1) is 0 Å². The first-order chi connectivity index (χ1) is 4.54. The van der Waals surface area contributed by atoms with E-state index in [1.165, 1.54) is 4.31 Å². The van der Waals surface area contributed by atoms with E-state index in [0.29, 0.717) is 5.71 Å². The number of oxime groups is 1. The Hall–Kier alpha value is -0.620. The van der Waals surface area contributed by atoms with Gasteiger partial charge in [-0.3, -0.25) is 0 Å². The molecule has 0 saturated carbocycles. The van der Waals surface area contributed by atoms with Crippen molar-refractivity contribution in [2.75, 3.05) is 19.3 Å². The molecule has 0 aliphatic carbocycles. The van der Waals surface area contributed by atoms with Gasteiger partial charge < -0.3 is 5.21 Å². The van der Waals surface area contributed by atoms with E-state index in [-0.39, 0.29) is 13.1 Å². The monoisotopic (exact) mass is 164 g/mol. The maximum atomic E-state index is 10.7. The molecule has 0 atom stereocenters. The van der Waals surface area contributed by atoms with Crippen LogP contribution < -0.4 is 0 Å². The normalized spacial score (nSPS) is 20.3. The smallest absolute Gasteiger partial charge is 0.211 e. The second-order valence-electron chi connectivity index (χ2n) is 2.20. The minimum atomic E-state index is -3.07. The van der Waals surface area contributed by atoms with Crippen molar-refractivity contribution in [1.82, 2.24) is 4.31 Å². The molecule has 0 bridgehead atoms. The minimum Gasteiger partial charge on any atom is -0.411 e. The van der Waals surface area contributed by atoms with Gasteiger partial charge >= 0.3 is 0 Å². The molecule has 10 heavy (non-hydrogen) atoms. The van der Waals surface area contributed by atoms with Crippen LogP contribution in [0.1, 0.15) is 0 Å². The van der Waals surface area contributed by atoms with E-state index in [1.807, 2.05) is 0 Å². The molecule has 1 rings (SSSR count). The molecular formula is C4H8N2O3S. The minimum absolute atomic E-state index is 0.231. The molecule has 1 fully saturated rings. The van der Waals surface area contributed by atoms with Gasteiger partial charge in [0.15, 0.2) is 0 Å². The van der Waals surface area contributed by atoms with E-state index < -0.39 is 10.0 Å². The molecule has 58 valence electrons. The van der Waals surface area contributed by atoms with Crippen LogP contribution in [-0.2, 0) is 10.0 Å². The van der Waals surface area contributed by atoms with E-state index in [0.717, 1.165) is 6.26 Å². The molecule has 1 aliphatic rings. The van der Waals surface area contributed by atoms with Crippen LogP contribution in [0, 0.1) is 0 Å². The van der Waals surface area contributed by atoms with Gasteiger partial charge in [0.2, 0.25) is 10.0 Å². The highest BCUT2D eigenvalue weighted by Gasteiger charge is 2.29. The molecule has 0 radical (unpaired) electrons. The highest BCUT2D eigenvalue weighted by atomic mass is 32.2. The molecule has 0 amide bonds. The van der Waals surface area contributed by atoms with Crippen molar-refractivity contribution in [3.8, 4) is 0 Å². The van der Waals surface area contributed by atoms with Crippen LogP contribution in [0.5, 0.6) is 0 Å². The summed E-state index contributed by atoms with van der Waals surface area (Å²) in [5.41, 5.74) is 0.505. The Labute approximate surface area is 59.0 Å². The van der Waals surface area contributed by atoms with Crippen LogP contribution >= 0.6 is 0 Å². The third-order valence-electron chi connectivity index (χ3n) is 1.33. The van der Waals surface area contributed by atoms with Crippen LogP contribution in [0.3, 0.4) is 0 Å². The first-order valence-corrected chi connectivity index (χ1v) is 4.54. The molecule has 1 N–H and O–H groups in total. The van der Waals surface area contributed by atoms with Crippen molar-refractivity contribution in [2.24, 2.45) is 5.16 Å². The van der Waals surface area contributed by atoms with Gasteiger partial charge in [-0.2, -0.15) is 4.31 Å². The molecule has 1 heterocycles. The Bertz CT molecular complexity index is 248. The molecular weight excluding hydrogens is 156 g/mol. The first kappa shape index (κ1) is 7.49. The topological polar surface area (TPSA) is 70.0 Å². The zero-order valence-electron chi connectivity index (χ0n) is 5.48. The number of hydrogen-bond acceptors (Lipinski definition) is 4. The second kappa shape index (κ2) is 2.21. The summed E-state index contributed by atoms with van der Waals surface area (Å²) in [5, 5.41) is 11.0. The fourth-order valence-corrected chi connectivity index (χ4v) is 1.43. The summed E-state index contributed by atoms with van der Waals surface area (Å²) in [6.07, 6.45) is 1.13. The molecule has 5 nitrogen and oxygen atoms in total. The Kier molecular flexibility index (Phi) is 1.65. The maximum Gasteiger partial charge on any atom is 0.211 e. The van der Waals surface area contributed by atoms with Gasteiger partial charge in [-0.25, -0.2) is 8.42 Å². The lowest BCUT2D eigenvalue weighted by atomic mass is 10.2. The van der Waals surface area contributed by atoms with Crippen molar-refractivity contribution in [2.45, 2.75) is 0 Å². The van der Waals surface area contributed by atoms with Crippen molar-refractivity contribution in [3.05, 3.63) is 0 Å². The van der Waals surface area contributed by atoms with E-state index in [1.54, 1.807) is 0 Å².